The maximum Gasteiger partial charge on any atom is 0.348 e. The van der Waals surface area contributed by atoms with Gasteiger partial charge in [0.2, 0.25) is 6.10 Å². The zero-order valence-corrected chi connectivity index (χ0v) is 17.1. The summed E-state index contributed by atoms with van der Waals surface area (Å²) >= 11 is 0. The Balaban J connectivity index is 0. The van der Waals surface area contributed by atoms with Crippen molar-refractivity contribution in [2.45, 2.75) is 49.1 Å². The number of aliphatic carboxylic acids is 5. The molecule has 19 nitrogen and oxygen atoms in total. The summed E-state index contributed by atoms with van der Waals surface area (Å²) in [5.41, 5.74) is -6.65. The van der Waals surface area contributed by atoms with Gasteiger partial charge in [0, 0.05) is 0 Å². The molecule has 0 bridgehead atoms. The minimum Gasteiger partial charge on any atom is -0.481 e. The molecule has 0 rings (SSSR count). The van der Waals surface area contributed by atoms with E-state index >= 15 is 0 Å². The van der Waals surface area contributed by atoms with Crippen molar-refractivity contribution in [3.63, 3.8) is 0 Å². The first-order chi connectivity index (χ1) is 15.3. The van der Waals surface area contributed by atoms with Crippen molar-refractivity contribution in [3.8, 4) is 0 Å². The van der Waals surface area contributed by atoms with Crippen molar-refractivity contribution in [1.82, 2.24) is 0 Å². The number of hydrogen-bond acceptors (Lipinski definition) is 13. The number of carbonyl (C=O) groups excluding carboxylic acids is 3. The van der Waals surface area contributed by atoms with Crippen LogP contribution in [0.15, 0.2) is 0 Å². The molecule has 4 unspecified atom stereocenters. The molecule has 0 aliphatic heterocycles. The Morgan fingerprint density at radius 1 is 0.629 bits per heavy atom. The highest BCUT2D eigenvalue weighted by atomic mass is 16.6. The molecule has 10 N–H and O–H groups in total. The van der Waals surface area contributed by atoms with Gasteiger partial charge in [-0.25, -0.2) is 19.2 Å². The number of carboxylic acid groups (broad SMARTS) is 5. The SMILES string of the molecule is O.O=C(O)CC(O)(CC(=O)OC(=O)CC(O)(CC(=O)OC(C(=O)O)C(O)C(=O)O)C(=O)O)C(=O)O. The highest BCUT2D eigenvalue weighted by Crippen LogP contribution is 2.21. The smallest absolute Gasteiger partial charge is 0.348 e. The predicted octanol–water partition coefficient (Wildman–Crippen LogP) is -5.05. The molecule has 0 aromatic rings. The summed E-state index contributed by atoms with van der Waals surface area (Å²) in [7, 11) is 0. The van der Waals surface area contributed by atoms with Gasteiger partial charge in [-0.15, -0.1) is 0 Å². The van der Waals surface area contributed by atoms with Crippen molar-refractivity contribution in [3.05, 3.63) is 0 Å². The molecule has 0 heterocycles. The summed E-state index contributed by atoms with van der Waals surface area (Å²) in [6.07, 6.45) is -12.1. The fourth-order valence-corrected chi connectivity index (χ4v) is 2.16. The van der Waals surface area contributed by atoms with Crippen LogP contribution in [0.25, 0.3) is 0 Å². The molecule has 0 amide bonds. The maximum atomic E-state index is 11.8. The minimum absolute atomic E-state index is 0. The summed E-state index contributed by atoms with van der Waals surface area (Å²) in [5.74, 6) is -16.3. The van der Waals surface area contributed by atoms with E-state index < -0.39 is 96.8 Å². The number of aliphatic hydroxyl groups is 3. The fraction of sp³-hybridized carbons (Fsp3) is 0.500. The van der Waals surface area contributed by atoms with E-state index in [0.29, 0.717) is 0 Å². The van der Waals surface area contributed by atoms with Crippen molar-refractivity contribution in [2.75, 3.05) is 0 Å². The molecule has 4 atom stereocenters. The van der Waals surface area contributed by atoms with Crippen LogP contribution < -0.4 is 0 Å². The third-order valence-electron chi connectivity index (χ3n) is 3.82. The van der Waals surface area contributed by atoms with Crippen LogP contribution in [0.3, 0.4) is 0 Å². The van der Waals surface area contributed by atoms with Gasteiger partial charge < -0.3 is 55.8 Å². The Kier molecular flexibility index (Phi) is 12.1. The molecule has 35 heavy (non-hydrogen) atoms. The van der Waals surface area contributed by atoms with Gasteiger partial charge in [-0.3, -0.25) is 19.2 Å². The van der Waals surface area contributed by atoms with Gasteiger partial charge in [0.1, 0.15) is 0 Å². The molecule has 0 saturated carbocycles. The summed E-state index contributed by atoms with van der Waals surface area (Å²) in [6, 6.07) is 0. The van der Waals surface area contributed by atoms with Crippen LogP contribution >= 0.6 is 0 Å². The molecule has 0 spiro atoms. The van der Waals surface area contributed by atoms with Crippen LogP contribution in [0.4, 0.5) is 0 Å². The number of carbonyl (C=O) groups is 8. The summed E-state index contributed by atoms with van der Waals surface area (Å²) < 4.78 is 8.12. The largest absolute Gasteiger partial charge is 0.481 e. The van der Waals surface area contributed by atoms with Gasteiger partial charge in [0.25, 0.3) is 0 Å². The molecule has 0 aromatic heterocycles. The van der Waals surface area contributed by atoms with Gasteiger partial charge in [0.15, 0.2) is 17.3 Å². The molecule has 198 valence electrons. The molecular formula is C16H20O19. The topological polar surface area (TPSA) is 348 Å². The maximum absolute atomic E-state index is 11.8. The molecule has 0 aliphatic carbocycles. The van der Waals surface area contributed by atoms with Crippen LogP contribution in [0, 0.1) is 0 Å². The lowest BCUT2D eigenvalue weighted by Gasteiger charge is -2.23. The first-order valence-electron chi connectivity index (χ1n) is 8.54. The first kappa shape index (κ1) is 33.0. The summed E-state index contributed by atoms with van der Waals surface area (Å²) in [6.45, 7) is 0. The van der Waals surface area contributed by atoms with E-state index in [1.165, 1.54) is 0 Å². The molecule has 19 heteroatoms. The van der Waals surface area contributed by atoms with Gasteiger partial charge >= 0.3 is 47.8 Å². The molecular weight excluding hydrogens is 496 g/mol. The molecule has 0 fully saturated rings. The second-order valence-electron chi connectivity index (χ2n) is 6.65. The molecule has 0 aliphatic rings. The van der Waals surface area contributed by atoms with Gasteiger partial charge in [-0.2, -0.15) is 0 Å². The van der Waals surface area contributed by atoms with E-state index in [9.17, 15) is 53.7 Å². The fourth-order valence-electron chi connectivity index (χ4n) is 2.16. The van der Waals surface area contributed by atoms with E-state index in [4.69, 9.17) is 25.5 Å². The van der Waals surface area contributed by atoms with Crippen LogP contribution in [0.2, 0.25) is 0 Å². The quantitative estimate of drug-likeness (QED) is 0.0790. The Morgan fingerprint density at radius 3 is 1.31 bits per heavy atom. The standard InChI is InChI=1S/C16H18O18.H2O/c17-5(18)1-15(31,13(27)28)2-6(19)33-7(20)3-16(32,14(29)30)4-8(21)34-10(12(25)26)9(22)11(23)24;/h9-10,22,31-32H,1-4H2,(H,17,18)(H,23,24)(H,25,26)(H,27,28)(H,29,30);1H2. The normalized spacial score (nSPS) is 15.5. The van der Waals surface area contributed by atoms with E-state index in [-0.39, 0.29) is 5.48 Å². The van der Waals surface area contributed by atoms with E-state index in [0.717, 1.165) is 0 Å². The average molecular weight is 516 g/mol. The Morgan fingerprint density at radius 2 is 1.00 bits per heavy atom. The Hall–Kier alpha value is -4.20. The van der Waals surface area contributed by atoms with E-state index in [1.54, 1.807) is 0 Å². The monoisotopic (exact) mass is 516 g/mol. The lowest BCUT2D eigenvalue weighted by molar-refractivity contribution is -0.185. The second kappa shape index (κ2) is 12.9. The lowest BCUT2D eigenvalue weighted by Crippen LogP contribution is -2.47. The first-order valence-corrected chi connectivity index (χ1v) is 8.54. The number of rotatable bonds is 14. The highest BCUT2D eigenvalue weighted by molar-refractivity contribution is 5.95. The van der Waals surface area contributed by atoms with Crippen LogP contribution in [-0.4, -0.2) is 117 Å². The average Bonchev–Trinajstić information content (AvgIpc) is 2.63. The Bertz CT molecular complexity index is 891. The van der Waals surface area contributed by atoms with Crippen LogP contribution in [0.1, 0.15) is 25.7 Å². The zero-order valence-electron chi connectivity index (χ0n) is 17.1. The van der Waals surface area contributed by atoms with Gasteiger partial charge in [-0.05, 0) is 0 Å². The van der Waals surface area contributed by atoms with Crippen molar-refractivity contribution in [1.29, 1.82) is 0 Å². The molecule has 0 radical (unpaired) electrons. The molecule has 0 saturated heterocycles. The van der Waals surface area contributed by atoms with Crippen molar-refractivity contribution >= 4 is 47.8 Å². The second-order valence-corrected chi connectivity index (χ2v) is 6.65. The third-order valence-corrected chi connectivity index (χ3v) is 3.82. The number of aliphatic hydroxyl groups excluding tert-OH is 1. The van der Waals surface area contributed by atoms with E-state index in [1.807, 2.05) is 0 Å². The van der Waals surface area contributed by atoms with Crippen molar-refractivity contribution in [2.24, 2.45) is 0 Å². The summed E-state index contributed by atoms with van der Waals surface area (Å²) in [4.78, 5) is 89.7. The predicted molar refractivity (Wildman–Crippen MR) is 97.1 cm³/mol. The zero-order chi connectivity index (χ0) is 27.0. The number of esters is 3. The van der Waals surface area contributed by atoms with Crippen LogP contribution in [0.5, 0.6) is 0 Å². The molecule has 0 aromatic carbocycles. The number of carboxylic acids is 5. The Labute approximate surface area is 192 Å². The summed E-state index contributed by atoms with van der Waals surface area (Å²) in [5, 5.41) is 72.8. The van der Waals surface area contributed by atoms with Gasteiger partial charge in [0.05, 0.1) is 25.7 Å². The van der Waals surface area contributed by atoms with Crippen molar-refractivity contribution < 1.29 is 94.2 Å². The van der Waals surface area contributed by atoms with Gasteiger partial charge in [-0.1, -0.05) is 0 Å². The van der Waals surface area contributed by atoms with E-state index in [2.05, 4.69) is 9.47 Å². The minimum atomic E-state index is -3.43. The third kappa shape index (κ3) is 10.1. The lowest BCUT2D eigenvalue weighted by atomic mass is 9.95. The highest BCUT2D eigenvalue weighted by Gasteiger charge is 2.46. The number of hydrogen-bond donors (Lipinski definition) is 8. The number of ether oxygens (including phenoxy) is 2. The van der Waals surface area contributed by atoms with Crippen LogP contribution in [-0.2, 0) is 47.8 Å².